The first kappa shape index (κ1) is 27.8. The highest BCUT2D eigenvalue weighted by molar-refractivity contribution is 6.78. The minimum Gasteiger partial charge on any atom is -0.518 e. The molecule has 0 aromatic carbocycles. The lowest BCUT2D eigenvalue weighted by Crippen LogP contribution is -2.52. The molecule has 4 nitrogen and oxygen atoms in total. The first-order chi connectivity index (χ1) is 13.2. The lowest BCUT2D eigenvalue weighted by molar-refractivity contribution is -0.140. The van der Waals surface area contributed by atoms with Gasteiger partial charge in [-0.25, -0.2) is 0 Å². The Balaban J connectivity index is 5.92. The van der Waals surface area contributed by atoms with Gasteiger partial charge >= 0.3 is 9.28 Å². The number of carbonyl (C=O) groups is 1. The molecule has 0 amide bonds. The van der Waals surface area contributed by atoms with Crippen molar-refractivity contribution in [2.45, 2.75) is 123 Å². The van der Waals surface area contributed by atoms with Gasteiger partial charge in [0.1, 0.15) is 5.04 Å². The Morgan fingerprint density at radius 2 is 1.43 bits per heavy atom. The van der Waals surface area contributed by atoms with Gasteiger partial charge < -0.3 is 13.3 Å². The van der Waals surface area contributed by atoms with Crippen molar-refractivity contribution < 1.29 is 18.1 Å². The summed E-state index contributed by atoms with van der Waals surface area (Å²) in [5, 5.41) is -0.680. The molecule has 0 saturated carbocycles. The molecule has 0 aliphatic carbocycles. The average molecular weight is 432 g/mol. The number of hydrogen-bond acceptors (Lipinski definition) is 4. The van der Waals surface area contributed by atoms with Crippen LogP contribution in [0.2, 0.25) is 22.2 Å². The molecule has 0 heterocycles. The zero-order chi connectivity index (χ0) is 21.8. The van der Waals surface area contributed by atoms with Gasteiger partial charge in [0.25, 0.3) is 14.3 Å². The summed E-state index contributed by atoms with van der Waals surface area (Å²) in [6.07, 6.45) is 6.36. The van der Waals surface area contributed by atoms with Gasteiger partial charge in [-0.1, -0.05) is 73.6 Å². The molecular formula is C22H47O4Si2. The summed E-state index contributed by atoms with van der Waals surface area (Å²) in [7, 11) is -4.01. The Labute approximate surface area is 178 Å². The summed E-state index contributed by atoms with van der Waals surface area (Å²) >= 11 is 0. The second-order valence-electron chi connectivity index (χ2n) is 8.26. The van der Waals surface area contributed by atoms with Crippen LogP contribution < -0.4 is 0 Å². The molecular weight excluding hydrogens is 384 g/mol. The second kappa shape index (κ2) is 13.9. The predicted octanol–water partition coefficient (Wildman–Crippen LogP) is 7.00. The first-order valence-corrected chi connectivity index (χ1v) is 15.2. The number of hydrogen-bond donors (Lipinski definition) is 0. The van der Waals surface area contributed by atoms with Crippen molar-refractivity contribution in [1.82, 2.24) is 0 Å². The molecule has 6 heteroatoms. The fourth-order valence-electron chi connectivity index (χ4n) is 3.85. The van der Waals surface area contributed by atoms with Gasteiger partial charge in [0.15, 0.2) is 0 Å². The van der Waals surface area contributed by atoms with Crippen LogP contribution in [-0.2, 0) is 18.1 Å². The topological polar surface area (TPSA) is 44.8 Å². The average Bonchev–Trinajstić information content (AvgIpc) is 2.70. The molecule has 3 atom stereocenters. The highest BCUT2D eigenvalue weighted by Gasteiger charge is 2.53. The van der Waals surface area contributed by atoms with Gasteiger partial charge in [0, 0.05) is 13.2 Å². The summed E-state index contributed by atoms with van der Waals surface area (Å²) in [6, 6.07) is 1.07. The molecule has 0 N–H and O–H groups in total. The molecule has 0 fully saturated rings. The molecule has 28 heavy (non-hydrogen) atoms. The van der Waals surface area contributed by atoms with Crippen LogP contribution >= 0.6 is 0 Å². The third kappa shape index (κ3) is 6.96. The first-order valence-electron chi connectivity index (χ1n) is 11.6. The van der Waals surface area contributed by atoms with Crippen molar-refractivity contribution in [3.05, 3.63) is 0 Å². The van der Waals surface area contributed by atoms with Crippen molar-refractivity contribution >= 4 is 23.6 Å². The second-order valence-corrected chi connectivity index (χ2v) is 15.1. The zero-order valence-electron chi connectivity index (χ0n) is 20.2. The zero-order valence-corrected chi connectivity index (χ0v) is 22.2. The van der Waals surface area contributed by atoms with Crippen molar-refractivity contribution in [3.8, 4) is 0 Å². The Kier molecular flexibility index (Phi) is 13.9. The van der Waals surface area contributed by atoms with Crippen LogP contribution in [0.15, 0.2) is 0 Å². The van der Waals surface area contributed by atoms with Crippen LogP contribution in [-0.4, -0.2) is 36.8 Å². The lowest BCUT2D eigenvalue weighted by atomic mass is 10.1. The van der Waals surface area contributed by atoms with Crippen molar-refractivity contribution in [1.29, 1.82) is 0 Å². The Bertz CT molecular complexity index is 417. The van der Waals surface area contributed by atoms with Crippen molar-refractivity contribution in [2.24, 2.45) is 0 Å². The van der Waals surface area contributed by atoms with E-state index < -0.39 is 22.6 Å². The summed E-state index contributed by atoms with van der Waals surface area (Å²) in [5.74, 6) is -0.0745. The van der Waals surface area contributed by atoms with E-state index in [-0.39, 0.29) is 5.97 Å². The van der Waals surface area contributed by atoms with Gasteiger partial charge in [0.2, 0.25) is 0 Å². The maximum absolute atomic E-state index is 13.7. The van der Waals surface area contributed by atoms with Gasteiger partial charge in [-0.15, -0.1) is 0 Å². The van der Waals surface area contributed by atoms with E-state index in [1.54, 1.807) is 0 Å². The van der Waals surface area contributed by atoms with E-state index in [2.05, 4.69) is 41.5 Å². The van der Waals surface area contributed by atoms with E-state index >= 15 is 0 Å². The molecule has 0 aromatic heterocycles. The van der Waals surface area contributed by atoms with E-state index in [4.69, 9.17) is 13.3 Å². The Morgan fingerprint density at radius 1 is 0.929 bits per heavy atom. The minimum absolute atomic E-state index is 0.0745. The van der Waals surface area contributed by atoms with Crippen LogP contribution in [0.25, 0.3) is 0 Å². The number of rotatable bonds is 16. The smallest absolute Gasteiger partial charge is 0.402 e. The van der Waals surface area contributed by atoms with Crippen LogP contribution in [0, 0.1) is 0 Å². The Hall–Kier alpha value is -0.176. The standard InChI is InChI=1S/C22H47O4Si2/c1-10-16-17-18-28(19(7)11-2,20(8)12-3)26-21(23)22(9,13-4)27(24-14-5)25-15-6/h19-20H,10-18H2,1-9H3. The van der Waals surface area contributed by atoms with Crippen molar-refractivity contribution in [2.75, 3.05) is 13.2 Å². The predicted molar refractivity (Wildman–Crippen MR) is 123 cm³/mol. The molecule has 0 spiro atoms. The minimum atomic E-state index is -2.26. The quantitative estimate of drug-likeness (QED) is 0.195. The van der Waals surface area contributed by atoms with Gasteiger partial charge in [-0.3, -0.25) is 4.79 Å². The highest BCUT2D eigenvalue weighted by atomic mass is 28.4. The molecule has 0 bridgehead atoms. The van der Waals surface area contributed by atoms with Crippen LogP contribution in [0.5, 0.6) is 0 Å². The SMILES string of the molecule is CCCCC[Si](OC(=O)C(C)(CC)[Si](OCC)OCC)(C(C)CC)C(C)CC. The molecule has 1 radical (unpaired) electrons. The summed E-state index contributed by atoms with van der Waals surface area (Å²) in [5.41, 5.74) is 0.915. The number of unbranched alkanes of at least 4 members (excludes halogenated alkanes) is 2. The van der Waals surface area contributed by atoms with Crippen LogP contribution in [0.4, 0.5) is 0 Å². The van der Waals surface area contributed by atoms with Crippen LogP contribution in [0.1, 0.15) is 101 Å². The van der Waals surface area contributed by atoms with Gasteiger partial charge in [-0.05, 0) is 44.3 Å². The molecule has 0 aliphatic heterocycles. The summed E-state index contributed by atoms with van der Waals surface area (Å²) in [4.78, 5) is 13.7. The maximum Gasteiger partial charge on any atom is 0.402 e. The van der Waals surface area contributed by atoms with Crippen molar-refractivity contribution in [3.63, 3.8) is 0 Å². The highest BCUT2D eigenvalue weighted by Crippen LogP contribution is 2.46. The van der Waals surface area contributed by atoms with E-state index in [0.29, 0.717) is 30.7 Å². The van der Waals surface area contributed by atoms with E-state index in [1.165, 1.54) is 12.8 Å². The fraction of sp³-hybridized carbons (Fsp3) is 0.955. The lowest BCUT2D eigenvalue weighted by Gasteiger charge is -2.43. The molecule has 3 unspecified atom stereocenters. The Morgan fingerprint density at radius 3 is 1.79 bits per heavy atom. The molecule has 0 aliphatic rings. The third-order valence-corrected chi connectivity index (χ3v) is 14.9. The van der Waals surface area contributed by atoms with E-state index in [9.17, 15) is 4.79 Å². The van der Waals surface area contributed by atoms with Gasteiger partial charge in [0.05, 0.1) is 0 Å². The van der Waals surface area contributed by atoms with E-state index in [0.717, 1.165) is 25.3 Å². The third-order valence-electron chi connectivity index (χ3n) is 6.51. The molecule has 167 valence electrons. The summed E-state index contributed by atoms with van der Waals surface area (Å²) in [6.45, 7) is 20.4. The normalized spacial score (nSPS) is 18.4. The van der Waals surface area contributed by atoms with E-state index in [1.807, 2.05) is 20.8 Å². The largest absolute Gasteiger partial charge is 0.518 e. The monoisotopic (exact) mass is 431 g/mol. The molecule has 0 saturated heterocycles. The summed E-state index contributed by atoms with van der Waals surface area (Å²) < 4.78 is 18.6. The van der Waals surface area contributed by atoms with Gasteiger partial charge in [-0.2, -0.15) is 0 Å². The molecule has 0 aromatic rings. The van der Waals surface area contributed by atoms with Crippen LogP contribution in [0.3, 0.4) is 0 Å². The maximum atomic E-state index is 13.7. The molecule has 0 rings (SSSR count). The number of carbonyl (C=O) groups excluding carboxylic acids is 1. The fourth-order valence-corrected chi connectivity index (χ4v) is 10.9.